The van der Waals surface area contributed by atoms with Gasteiger partial charge < -0.3 is 15.6 Å². The van der Waals surface area contributed by atoms with Crippen LogP contribution < -0.4 is 5.73 Å². The molecule has 0 aromatic heterocycles. The highest BCUT2D eigenvalue weighted by Gasteiger charge is 2.34. The Bertz CT molecular complexity index is 395. The van der Waals surface area contributed by atoms with E-state index in [1.165, 1.54) is 11.1 Å². The summed E-state index contributed by atoms with van der Waals surface area (Å²) in [6, 6.07) is 8.27. The molecular weight excluding hydrogens is 238 g/mol. The molecule has 1 aliphatic rings. The Kier molecular flexibility index (Phi) is 4.97. The van der Waals surface area contributed by atoms with Crippen LogP contribution in [-0.4, -0.2) is 31.5 Å². The second-order valence-electron chi connectivity index (χ2n) is 5.72. The summed E-state index contributed by atoms with van der Waals surface area (Å²) in [6.45, 7) is 4.38. The molecule has 1 saturated heterocycles. The lowest BCUT2D eigenvalue weighted by atomic mass is 9.71. The first-order valence-corrected chi connectivity index (χ1v) is 7.16. The van der Waals surface area contributed by atoms with Crippen LogP contribution >= 0.6 is 0 Å². The molecule has 1 fully saturated rings. The van der Waals surface area contributed by atoms with Gasteiger partial charge in [0.05, 0.1) is 6.61 Å². The van der Waals surface area contributed by atoms with Gasteiger partial charge in [0.1, 0.15) is 0 Å². The summed E-state index contributed by atoms with van der Waals surface area (Å²) < 4.78 is 5.42. The van der Waals surface area contributed by atoms with E-state index >= 15 is 0 Å². The lowest BCUT2D eigenvalue weighted by Gasteiger charge is -2.37. The zero-order chi connectivity index (χ0) is 13.7. The fraction of sp³-hybridized carbons (Fsp3) is 0.625. The highest BCUT2D eigenvalue weighted by Crippen LogP contribution is 2.35. The fourth-order valence-corrected chi connectivity index (χ4v) is 3.19. The van der Waals surface area contributed by atoms with Crippen LogP contribution in [0.1, 0.15) is 30.4 Å². The van der Waals surface area contributed by atoms with Gasteiger partial charge in [-0.3, -0.25) is 0 Å². The third kappa shape index (κ3) is 3.16. The molecule has 1 unspecified atom stereocenters. The molecule has 19 heavy (non-hydrogen) atoms. The SMILES string of the molecule is Cc1ccccc1C(CN)(CO)CC1CCOCC1. The van der Waals surface area contributed by atoms with Crippen LogP contribution in [0.25, 0.3) is 0 Å². The van der Waals surface area contributed by atoms with E-state index in [4.69, 9.17) is 10.5 Å². The number of nitrogens with two attached hydrogens (primary N) is 1. The van der Waals surface area contributed by atoms with Gasteiger partial charge in [0, 0.05) is 25.2 Å². The fourth-order valence-electron chi connectivity index (χ4n) is 3.19. The Morgan fingerprint density at radius 2 is 2.00 bits per heavy atom. The summed E-state index contributed by atoms with van der Waals surface area (Å²) in [5.74, 6) is 0.601. The van der Waals surface area contributed by atoms with Gasteiger partial charge in [0.15, 0.2) is 0 Å². The number of hydrogen-bond donors (Lipinski definition) is 2. The van der Waals surface area contributed by atoms with E-state index in [9.17, 15) is 5.11 Å². The van der Waals surface area contributed by atoms with Crippen LogP contribution in [0.2, 0.25) is 0 Å². The molecule has 0 spiro atoms. The van der Waals surface area contributed by atoms with Crippen molar-refractivity contribution in [2.75, 3.05) is 26.4 Å². The van der Waals surface area contributed by atoms with Gasteiger partial charge in [-0.1, -0.05) is 24.3 Å². The minimum Gasteiger partial charge on any atom is -0.395 e. The monoisotopic (exact) mass is 263 g/mol. The van der Waals surface area contributed by atoms with Crippen LogP contribution in [0.15, 0.2) is 24.3 Å². The van der Waals surface area contributed by atoms with E-state index in [1.54, 1.807) is 0 Å². The van der Waals surface area contributed by atoms with E-state index in [1.807, 2.05) is 12.1 Å². The topological polar surface area (TPSA) is 55.5 Å². The number of ether oxygens (including phenoxy) is 1. The predicted octanol–water partition coefficient (Wildman–Crippen LogP) is 2.00. The van der Waals surface area contributed by atoms with Crippen molar-refractivity contribution >= 4 is 0 Å². The molecule has 0 radical (unpaired) electrons. The van der Waals surface area contributed by atoms with E-state index in [0.717, 1.165) is 32.5 Å². The van der Waals surface area contributed by atoms with Crippen molar-refractivity contribution in [2.45, 2.75) is 31.6 Å². The molecule has 1 heterocycles. The summed E-state index contributed by atoms with van der Waals surface area (Å²) in [5, 5.41) is 9.97. The van der Waals surface area contributed by atoms with Crippen molar-refractivity contribution in [2.24, 2.45) is 11.7 Å². The number of hydrogen-bond acceptors (Lipinski definition) is 3. The summed E-state index contributed by atoms with van der Waals surface area (Å²) in [4.78, 5) is 0. The molecule has 0 amide bonds. The standard InChI is InChI=1S/C16H25NO2/c1-13-4-2-3-5-15(13)16(11-17,12-18)10-14-6-8-19-9-7-14/h2-5,14,18H,6-12,17H2,1H3. The molecule has 1 aromatic rings. The van der Waals surface area contributed by atoms with Gasteiger partial charge in [-0.15, -0.1) is 0 Å². The number of benzene rings is 1. The molecule has 0 aliphatic carbocycles. The van der Waals surface area contributed by atoms with Crippen molar-refractivity contribution in [3.8, 4) is 0 Å². The van der Waals surface area contributed by atoms with E-state index in [0.29, 0.717) is 12.5 Å². The molecule has 0 bridgehead atoms. The minimum atomic E-state index is -0.298. The molecule has 1 atom stereocenters. The van der Waals surface area contributed by atoms with Crippen molar-refractivity contribution < 1.29 is 9.84 Å². The first kappa shape index (κ1) is 14.5. The smallest absolute Gasteiger partial charge is 0.0540 e. The second-order valence-corrected chi connectivity index (χ2v) is 5.72. The van der Waals surface area contributed by atoms with Gasteiger partial charge in [-0.2, -0.15) is 0 Å². The molecule has 1 aromatic carbocycles. The highest BCUT2D eigenvalue weighted by molar-refractivity contribution is 5.34. The van der Waals surface area contributed by atoms with Crippen molar-refractivity contribution in [3.63, 3.8) is 0 Å². The Hall–Kier alpha value is -0.900. The maximum absolute atomic E-state index is 9.97. The molecule has 3 nitrogen and oxygen atoms in total. The summed E-state index contributed by atoms with van der Waals surface area (Å²) in [6.07, 6.45) is 3.11. The number of aryl methyl sites for hydroxylation is 1. The quantitative estimate of drug-likeness (QED) is 0.854. The van der Waals surface area contributed by atoms with Gasteiger partial charge in [0.2, 0.25) is 0 Å². The maximum Gasteiger partial charge on any atom is 0.0540 e. The zero-order valence-electron chi connectivity index (χ0n) is 11.8. The largest absolute Gasteiger partial charge is 0.395 e. The van der Waals surface area contributed by atoms with Crippen molar-refractivity contribution in [1.29, 1.82) is 0 Å². The Morgan fingerprint density at radius 3 is 2.58 bits per heavy atom. The highest BCUT2D eigenvalue weighted by atomic mass is 16.5. The van der Waals surface area contributed by atoms with Crippen molar-refractivity contribution in [1.82, 2.24) is 0 Å². The predicted molar refractivity (Wildman–Crippen MR) is 77.2 cm³/mol. The first-order chi connectivity index (χ1) is 9.22. The van der Waals surface area contributed by atoms with Gasteiger partial charge in [-0.25, -0.2) is 0 Å². The lowest BCUT2D eigenvalue weighted by Crippen LogP contribution is -2.42. The van der Waals surface area contributed by atoms with Crippen molar-refractivity contribution in [3.05, 3.63) is 35.4 Å². The third-order valence-electron chi connectivity index (χ3n) is 4.43. The number of aliphatic hydroxyl groups excluding tert-OH is 1. The van der Waals surface area contributed by atoms with Crippen LogP contribution in [0.4, 0.5) is 0 Å². The average molecular weight is 263 g/mol. The maximum atomic E-state index is 9.97. The zero-order valence-corrected chi connectivity index (χ0v) is 11.8. The van der Waals surface area contributed by atoms with Gasteiger partial charge in [0.25, 0.3) is 0 Å². The normalized spacial score (nSPS) is 20.2. The molecular formula is C16H25NO2. The van der Waals surface area contributed by atoms with E-state index < -0.39 is 0 Å². The Morgan fingerprint density at radius 1 is 1.32 bits per heavy atom. The van der Waals surface area contributed by atoms with E-state index in [2.05, 4.69) is 19.1 Å². The number of aliphatic hydroxyl groups is 1. The van der Waals surface area contributed by atoms with Crippen LogP contribution in [-0.2, 0) is 10.2 Å². The van der Waals surface area contributed by atoms with Crippen LogP contribution in [0, 0.1) is 12.8 Å². The summed E-state index contributed by atoms with van der Waals surface area (Å²) in [5.41, 5.74) is 8.16. The minimum absolute atomic E-state index is 0.117. The molecule has 0 saturated carbocycles. The van der Waals surface area contributed by atoms with Gasteiger partial charge in [-0.05, 0) is 43.2 Å². The molecule has 3 N–H and O–H groups in total. The molecule has 2 rings (SSSR count). The second kappa shape index (κ2) is 6.51. The van der Waals surface area contributed by atoms with Crippen LogP contribution in [0.5, 0.6) is 0 Å². The third-order valence-corrected chi connectivity index (χ3v) is 4.43. The molecule has 1 aliphatic heterocycles. The number of rotatable bonds is 5. The Balaban J connectivity index is 2.23. The molecule has 3 heteroatoms. The molecule has 106 valence electrons. The van der Waals surface area contributed by atoms with Gasteiger partial charge >= 0.3 is 0 Å². The Labute approximate surface area is 115 Å². The lowest BCUT2D eigenvalue weighted by molar-refractivity contribution is 0.0493. The van der Waals surface area contributed by atoms with Crippen LogP contribution in [0.3, 0.4) is 0 Å². The summed E-state index contributed by atoms with van der Waals surface area (Å²) in [7, 11) is 0. The first-order valence-electron chi connectivity index (χ1n) is 7.16. The van der Waals surface area contributed by atoms with E-state index in [-0.39, 0.29) is 12.0 Å². The summed E-state index contributed by atoms with van der Waals surface area (Å²) >= 11 is 0. The average Bonchev–Trinajstić information content (AvgIpc) is 2.47.